The molecule has 0 unspecified atom stereocenters. The third-order valence-corrected chi connectivity index (χ3v) is 6.21. The van der Waals surface area contributed by atoms with Crippen molar-refractivity contribution in [3.8, 4) is 5.75 Å². The molecular formula is C27H33N5O4. The Morgan fingerprint density at radius 2 is 1.75 bits per heavy atom. The van der Waals surface area contributed by atoms with Crippen molar-refractivity contribution in [3.63, 3.8) is 0 Å². The summed E-state index contributed by atoms with van der Waals surface area (Å²) >= 11 is 0. The average molecular weight is 492 g/mol. The van der Waals surface area contributed by atoms with E-state index in [1.54, 1.807) is 0 Å². The summed E-state index contributed by atoms with van der Waals surface area (Å²) in [5.74, 6) is 0.834. The molecule has 0 aliphatic heterocycles. The summed E-state index contributed by atoms with van der Waals surface area (Å²) in [6.07, 6.45) is 2.88. The first-order valence-electron chi connectivity index (χ1n) is 12.3. The van der Waals surface area contributed by atoms with Crippen molar-refractivity contribution >= 4 is 27.6 Å². The van der Waals surface area contributed by atoms with E-state index in [4.69, 9.17) is 25.5 Å². The third-order valence-electron chi connectivity index (χ3n) is 6.21. The van der Waals surface area contributed by atoms with Crippen LogP contribution in [-0.2, 0) is 26.6 Å². The van der Waals surface area contributed by atoms with Gasteiger partial charge in [-0.3, -0.25) is 13.9 Å². The number of hydrogen-bond donors (Lipinski definition) is 2. The quantitative estimate of drug-likeness (QED) is 0.258. The van der Waals surface area contributed by atoms with E-state index in [0.29, 0.717) is 42.2 Å². The molecule has 9 heteroatoms. The lowest BCUT2D eigenvalue weighted by Crippen LogP contribution is -2.40. The van der Waals surface area contributed by atoms with Gasteiger partial charge in [0, 0.05) is 36.7 Å². The third kappa shape index (κ3) is 5.11. The van der Waals surface area contributed by atoms with Gasteiger partial charge in [-0.1, -0.05) is 44.5 Å². The predicted molar refractivity (Wildman–Crippen MR) is 141 cm³/mol. The molecular weight excluding hydrogens is 458 g/mol. The molecule has 0 aliphatic rings. The van der Waals surface area contributed by atoms with Gasteiger partial charge in [0.25, 0.3) is 5.56 Å². The van der Waals surface area contributed by atoms with E-state index in [-0.39, 0.29) is 30.3 Å². The van der Waals surface area contributed by atoms with Crippen LogP contribution in [0.3, 0.4) is 0 Å². The maximum Gasteiger partial charge on any atom is 0.332 e. The van der Waals surface area contributed by atoms with Gasteiger partial charge >= 0.3 is 5.69 Å². The Hall–Kier alpha value is -3.72. The summed E-state index contributed by atoms with van der Waals surface area (Å²) in [6, 6.07) is 11.4. The fourth-order valence-corrected chi connectivity index (χ4v) is 4.34. The molecule has 190 valence electrons. The molecule has 0 amide bonds. The number of rotatable bonds is 10. The van der Waals surface area contributed by atoms with Crippen LogP contribution < -0.4 is 21.7 Å². The first-order chi connectivity index (χ1) is 17.3. The molecule has 36 heavy (non-hydrogen) atoms. The van der Waals surface area contributed by atoms with Crippen molar-refractivity contribution in [2.24, 2.45) is 13.0 Å². The number of ether oxygens (including phenoxy) is 1. The first kappa shape index (κ1) is 25.4. The lowest BCUT2D eigenvalue weighted by molar-refractivity contribution is 0.282. The highest BCUT2D eigenvalue weighted by atomic mass is 16.5. The molecule has 0 saturated carbocycles. The van der Waals surface area contributed by atoms with Gasteiger partial charge in [0.2, 0.25) is 0 Å². The van der Waals surface area contributed by atoms with Crippen LogP contribution in [0.4, 0.5) is 5.69 Å². The number of benzene rings is 2. The molecule has 9 nitrogen and oxygen atoms in total. The van der Waals surface area contributed by atoms with Gasteiger partial charge in [0.15, 0.2) is 11.2 Å². The van der Waals surface area contributed by atoms with Gasteiger partial charge in [0.05, 0.1) is 5.69 Å². The van der Waals surface area contributed by atoms with Crippen LogP contribution in [0, 0.1) is 5.92 Å². The fourth-order valence-electron chi connectivity index (χ4n) is 4.34. The maximum atomic E-state index is 13.0. The van der Waals surface area contributed by atoms with Gasteiger partial charge < -0.3 is 15.6 Å². The van der Waals surface area contributed by atoms with Crippen LogP contribution in [0.25, 0.3) is 21.9 Å². The highest BCUT2D eigenvalue weighted by Gasteiger charge is 2.19. The zero-order chi connectivity index (χ0) is 25.8. The highest BCUT2D eigenvalue weighted by Crippen LogP contribution is 2.30. The number of aryl methyl sites for hydroxylation is 1. The summed E-state index contributed by atoms with van der Waals surface area (Å²) in [4.78, 5) is 35.4. The number of unbranched alkanes of at least 4 members (excludes halogenated alkanes) is 2. The van der Waals surface area contributed by atoms with Crippen molar-refractivity contribution in [2.45, 2.75) is 52.7 Å². The summed E-state index contributed by atoms with van der Waals surface area (Å²) in [5, 5.41) is 10.9. The zero-order valence-corrected chi connectivity index (χ0v) is 21.0. The Labute approximate surface area is 209 Å². The van der Waals surface area contributed by atoms with E-state index < -0.39 is 11.2 Å². The molecule has 0 atom stereocenters. The van der Waals surface area contributed by atoms with E-state index in [2.05, 4.69) is 0 Å². The first-order valence-corrected chi connectivity index (χ1v) is 12.3. The SMILES string of the molecule is CC(C)Cn1c(=O)n(C)c(=O)c2nc(CCCCCO)c(COc3ccc(N)c4ccccc34)nc21. The molecule has 0 aliphatic carbocycles. The molecule has 2 aromatic carbocycles. The Morgan fingerprint density at radius 3 is 2.47 bits per heavy atom. The van der Waals surface area contributed by atoms with E-state index in [1.165, 1.54) is 11.6 Å². The van der Waals surface area contributed by atoms with Crippen molar-refractivity contribution < 1.29 is 9.84 Å². The number of anilines is 1. The van der Waals surface area contributed by atoms with Crippen molar-refractivity contribution in [2.75, 3.05) is 12.3 Å². The number of nitrogen functional groups attached to an aromatic ring is 1. The van der Waals surface area contributed by atoms with Gasteiger partial charge in [-0.05, 0) is 37.3 Å². The molecule has 0 saturated heterocycles. The van der Waals surface area contributed by atoms with Crippen LogP contribution >= 0.6 is 0 Å². The summed E-state index contributed by atoms with van der Waals surface area (Å²) in [5.41, 5.74) is 7.62. The Bertz CT molecular complexity index is 1510. The predicted octanol–water partition coefficient (Wildman–Crippen LogP) is 3.17. The van der Waals surface area contributed by atoms with E-state index in [0.717, 1.165) is 28.2 Å². The Kier molecular flexibility index (Phi) is 7.69. The molecule has 4 aromatic rings. The minimum Gasteiger partial charge on any atom is -0.487 e. The largest absolute Gasteiger partial charge is 0.487 e. The van der Waals surface area contributed by atoms with E-state index >= 15 is 0 Å². The van der Waals surface area contributed by atoms with Crippen molar-refractivity contribution in [3.05, 3.63) is 68.6 Å². The standard InChI is InChI=1S/C27H33N5O4/c1-17(2)15-32-25-24(26(34)31(3)27(32)35)29-21(11-5-4-8-14-33)22(30-25)16-36-23-13-12-20(28)18-9-6-7-10-19(18)23/h6-7,9-10,12-13,17,33H,4-5,8,11,14-16,28H2,1-3H3. The van der Waals surface area contributed by atoms with Crippen LogP contribution in [0.5, 0.6) is 5.75 Å². The van der Waals surface area contributed by atoms with Crippen LogP contribution in [0.2, 0.25) is 0 Å². The van der Waals surface area contributed by atoms with E-state index in [1.807, 2.05) is 50.2 Å². The molecule has 0 bridgehead atoms. The van der Waals surface area contributed by atoms with Crippen LogP contribution in [0.1, 0.15) is 44.5 Å². The summed E-state index contributed by atoms with van der Waals surface area (Å²) < 4.78 is 8.82. The fraction of sp³-hybridized carbons (Fsp3) is 0.407. The normalized spacial score (nSPS) is 11.6. The van der Waals surface area contributed by atoms with Crippen LogP contribution in [-0.4, -0.2) is 30.8 Å². The lowest BCUT2D eigenvalue weighted by Gasteiger charge is -2.16. The number of aromatic nitrogens is 4. The number of aliphatic hydroxyl groups excluding tert-OH is 1. The molecule has 2 heterocycles. The molecule has 3 N–H and O–H groups in total. The van der Waals surface area contributed by atoms with Gasteiger partial charge in [-0.2, -0.15) is 0 Å². The number of nitrogens with two attached hydrogens (primary N) is 1. The van der Waals surface area contributed by atoms with E-state index in [9.17, 15) is 9.59 Å². The second kappa shape index (κ2) is 10.9. The topological polar surface area (TPSA) is 125 Å². The number of nitrogens with zero attached hydrogens (tertiary/aromatic N) is 4. The maximum absolute atomic E-state index is 13.0. The Morgan fingerprint density at radius 1 is 1.00 bits per heavy atom. The van der Waals surface area contributed by atoms with Gasteiger partial charge in [0.1, 0.15) is 18.1 Å². The summed E-state index contributed by atoms with van der Waals surface area (Å²) in [6.45, 7) is 4.67. The molecule has 4 rings (SSSR count). The molecule has 2 aromatic heterocycles. The smallest absolute Gasteiger partial charge is 0.332 e. The second-order valence-electron chi connectivity index (χ2n) is 9.46. The Balaban J connectivity index is 1.80. The van der Waals surface area contributed by atoms with Crippen molar-refractivity contribution in [1.29, 1.82) is 0 Å². The molecule has 0 spiro atoms. The molecule has 0 fully saturated rings. The minimum absolute atomic E-state index is 0.122. The number of hydrogen-bond acceptors (Lipinski definition) is 7. The lowest BCUT2D eigenvalue weighted by atomic mass is 10.1. The number of fused-ring (bicyclic) bond motifs is 2. The highest BCUT2D eigenvalue weighted by molar-refractivity contribution is 5.97. The van der Waals surface area contributed by atoms with Gasteiger partial charge in [-0.15, -0.1) is 0 Å². The van der Waals surface area contributed by atoms with Gasteiger partial charge in [-0.25, -0.2) is 14.8 Å². The second-order valence-corrected chi connectivity index (χ2v) is 9.46. The molecule has 0 radical (unpaired) electrons. The minimum atomic E-state index is -0.462. The van der Waals surface area contributed by atoms with Crippen molar-refractivity contribution in [1.82, 2.24) is 19.1 Å². The van der Waals surface area contributed by atoms with Crippen LogP contribution in [0.15, 0.2) is 46.0 Å². The number of aliphatic hydroxyl groups is 1. The summed E-state index contributed by atoms with van der Waals surface area (Å²) in [7, 11) is 1.47. The average Bonchev–Trinajstić information content (AvgIpc) is 2.87. The zero-order valence-electron chi connectivity index (χ0n) is 21.0. The monoisotopic (exact) mass is 491 g/mol.